The first-order chi connectivity index (χ1) is 19.1. The molecule has 1 fully saturated rings. The average Bonchev–Trinajstić information content (AvgIpc) is 2.91. The first-order valence-corrected chi connectivity index (χ1v) is 13.3. The maximum Gasteiger partial charge on any atom is 0.337 e. The Kier molecular flexibility index (Phi) is 9.03. The quantitative estimate of drug-likeness (QED) is 0.195. The molecule has 0 saturated carbocycles. The Morgan fingerprint density at radius 2 is 1.68 bits per heavy atom. The molecular formula is C27H18Br2ClN3O7. The minimum atomic E-state index is -0.931. The van der Waals surface area contributed by atoms with Gasteiger partial charge < -0.3 is 14.8 Å². The van der Waals surface area contributed by atoms with E-state index >= 15 is 0 Å². The second kappa shape index (κ2) is 12.5. The zero-order valence-corrected chi connectivity index (χ0v) is 24.4. The van der Waals surface area contributed by atoms with Crippen LogP contribution in [0.4, 0.5) is 16.2 Å². The molecule has 10 nitrogen and oxygen atoms in total. The van der Waals surface area contributed by atoms with Crippen molar-refractivity contribution in [3.8, 4) is 5.75 Å². The standard InChI is InChI=1S/C27H18Br2ClN3O7/c1-39-26(37)15-6-8-16(9-7-15)33-25(36)17(24(35)32-27(33)38)10-14-11-18(28)23(19(29)12-14)40-13-22(34)31-21-5-3-2-4-20(21)30/h2-12H,13H2,1H3,(H,31,34)(H,32,35,38)/b17-10-. The molecule has 13 heteroatoms. The summed E-state index contributed by atoms with van der Waals surface area (Å²) in [5.41, 5.74) is 0.931. The van der Waals surface area contributed by atoms with Crippen molar-refractivity contribution in [2.24, 2.45) is 0 Å². The summed E-state index contributed by atoms with van der Waals surface area (Å²) in [5, 5.41) is 5.18. The number of ether oxygens (including phenoxy) is 2. The number of urea groups is 1. The topological polar surface area (TPSA) is 131 Å². The van der Waals surface area contributed by atoms with Gasteiger partial charge in [0, 0.05) is 0 Å². The van der Waals surface area contributed by atoms with Crippen molar-refractivity contribution in [2.45, 2.75) is 0 Å². The van der Waals surface area contributed by atoms with E-state index in [1.807, 2.05) is 0 Å². The lowest BCUT2D eigenvalue weighted by molar-refractivity contribution is -0.122. The van der Waals surface area contributed by atoms with Gasteiger partial charge in [-0.15, -0.1) is 0 Å². The van der Waals surface area contributed by atoms with Gasteiger partial charge in [0.2, 0.25) is 0 Å². The summed E-state index contributed by atoms with van der Waals surface area (Å²) in [4.78, 5) is 63.0. The van der Waals surface area contributed by atoms with Crippen LogP contribution in [0, 0.1) is 0 Å². The van der Waals surface area contributed by atoms with E-state index in [1.54, 1.807) is 36.4 Å². The van der Waals surface area contributed by atoms with E-state index in [9.17, 15) is 24.0 Å². The molecule has 40 heavy (non-hydrogen) atoms. The van der Waals surface area contributed by atoms with Crippen molar-refractivity contribution >= 4 is 90.6 Å². The summed E-state index contributed by atoms with van der Waals surface area (Å²) in [5.74, 6) is -2.45. The monoisotopic (exact) mass is 689 g/mol. The fourth-order valence-electron chi connectivity index (χ4n) is 3.61. The van der Waals surface area contributed by atoms with Gasteiger partial charge in [-0.05, 0) is 92.0 Å². The zero-order chi connectivity index (χ0) is 29.0. The van der Waals surface area contributed by atoms with Gasteiger partial charge >= 0.3 is 12.0 Å². The third-order valence-electron chi connectivity index (χ3n) is 5.48. The Balaban J connectivity index is 1.52. The van der Waals surface area contributed by atoms with E-state index < -0.39 is 29.7 Å². The molecule has 5 amide bonds. The SMILES string of the molecule is COC(=O)c1ccc(N2C(=O)NC(=O)/C(=C/c3cc(Br)c(OCC(=O)Nc4ccccc4Cl)c(Br)c3)C2=O)cc1. The van der Waals surface area contributed by atoms with E-state index in [-0.39, 0.29) is 23.4 Å². The Morgan fingerprint density at radius 3 is 2.30 bits per heavy atom. The lowest BCUT2D eigenvalue weighted by atomic mass is 10.1. The fraction of sp³-hybridized carbons (Fsp3) is 0.0741. The number of nitrogens with one attached hydrogen (secondary N) is 2. The highest BCUT2D eigenvalue weighted by Gasteiger charge is 2.37. The van der Waals surface area contributed by atoms with E-state index in [0.717, 1.165) is 4.90 Å². The summed E-state index contributed by atoms with van der Waals surface area (Å²) < 4.78 is 11.2. The minimum absolute atomic E-state index is 0.148. The van der Waals surface area contributed by atoms with Crippen LogP contribution in [0.5, 0.6) is 5.75 Å². The Labute approximate surface area is 249 Å². The Morgan fingerprint density at radius 1 is 1.02 bits per heavy atom. The number of hydrogen-bond acceptors (Lipinski definition) is 7. The summed E-state index contributed by atoms with van der Waals surface area (Å²) in [7, 11) is 1.23. The molecule has 1 saturated heterocycles. The third kappa shape index (κ3) is 6.41. The summed E-state index contributed by atoms with van der Waals surface area (Å²) in [6, 6.07) is 14.5. The van der Waals surface area contributed by atoms with Crippen molar-refractivity contribution in [3.05, 3.63) is 91.3 Å². The third-order valence-corrected chi connectivity index (χ3v) is 6.98. The smallest absolute Gasteiger partial charge is 0.337 e. The predicted molar refractivity (Wildman–Crippen MR) is 154 cm³/mol. The van der Waals surface area contributed by atoms with Gasteiger partial charge in [0.25, 0.3) is 17.7 Å². The van der Waals surface area contributed by atoms with Gasteiger partial charge in [-0.1, -0.05) is 23.7 Å². The van der Waals surface area contributed by atoms with Gasteiger partial charge in [0.1, 0.15) is 11.3 Å². The molecule has 2 N–H and O–H groups in total. The number of benzene rings is 3. The molecule has 0 spiro atoms. The van der Waals surface area contributed by atoms with Gasteiger partial charge in [-0.3, -0.25) is 19.7 Å². The van der Waals surface area contributed by atoms with Crippen LogP contribution in [0.25, 0.3) is 6.08 Å². The van der Waals surface area contributed by atoms with Gasteiger partial charge in [-0.25, -0.2) is 14.5 Å². The molecule has 0 unspecified atom stereocenters. The number of halogens is 3. The number of anilines is 2. The van der Waals surface area contributed by atoms with Crippen LogP contribution in [-0.4, -0.2) is 43.4 Å². The molecule has 0 aromatic heterocycles. The Hall–Kier alpha value is -4.00. The van der Waals surface area contributed by atoms with Crippen LogP contribution in [-0.2, 0) is 19.1 Å². The maximum atomic E-state index is 13.2. The predicted octanol–water partition coefficient (Wildman–Crippen LogP) is 5.34. The van der Waals surface area contributed by atoms with Crippen molar-refractivity contribution in [3.63, 3.8) is 0 Å². The molecule has 4 rings (SSSR count). The highest BCUT2D eigenvalue weighted by Crippen LogP contribution is 2.36. The molecule has 3 aromatic carbocycles. The molecule has 0 aliphatic carbocycles. The van der Waals surface area contributed by atoms with Crippen LogP contribution in [0.3, 0.4) is 0 Å². The summed E-state index contributed by atoms with van der Waals surface area (Å²) in [6.07, 6.45) is 1.31. The molecule has 0 radical (unpaired) electrons. The van der Waals surface area contributed by atoms with Crippen LogP contribution in [0.15, 0.2) is 75.2 Å². The fourth-order valence-corrected chi connectivity index (χ4v) is 5.24. The molecular weight excluding hydrogens is 674 g/mol. The van der Waals surface area contributed by atoms with Crippen molar-refractivity contribution < 1.29 is 33.4 Å². The largest absolute Gasteiger partial charge is 0.481 e. The lowest BCUT2D eigenvalue weighted by Gasteiger charge is -2.26. The van der Waals surface area contributed by atoms with Crippen LogP contribution >= 0.6 is 43.5 Å². The first kappa shape index (κ1) is 29.0. The molecule has 1 aliphatic rings. The second-order valence-corrected chi connectivity index (χ2v) is 10.2. The van der Waals surface area contributed by atoms with Crippen molar-refractivity contribution in [2.75, 3.05) is 23.9 Å². The van der Waals surface area contributed by atoms with E-state index in [4.69, 9.17) is 16.3 Å². The number of rotatable bonds is 7. The van der Waals surface area contributed by atoms with Crippen molar-refractivity contribution in [1.29, 1.82) is 0 Å². The number of carbonyl (C=O) groups is 5. The van der Waals surface area contributed by atoms with Gasteiger partial charge in [0.15, 0.2) is 6.61 Å². The Bertz CT molecular complexity index is 1550. The number of nitrogens with zero attached hydrogens (tertiary/aromatic N) is 1. The number of amides is 5. The number of para-hydroxylation sites is 1. The number of methoxy groups -OCH3 is 1. The average molecular weight is 692 g/mol. The van der Waals surface area contributed by atoms with Crippen LogP contribution in [0.2, 0.25) is 5.02 Å². The van der Waals surface area contributed by atoms with Gasteiger partial charge in [0.05, 0.1) is 38.0 Å². The van der Waals surface area contributed by atoms with E-state index in [2.05, 4.69) is 47.2 Å². The molecule has 1 heterocycles. The lowest BCUT2D eigenvalue weighted by Crippen LogP contribution is -2.54. The molecule has 204 valence electrons. The summed E-state index contributed by atoms with van der Waals surface area (Å²) in [6.45, 7) is -0.324. The van der Waals surface area contributed by atoms with Gasteiger partial charge in [-0.2, -0.15) is 0 Å². The molecule has 1 aliphatic heterocycles. The second-order valence-electron chi connectivity index (χ2n) is 8.13. The van der Waals surface area contributed by atoms with E-state index in [0.29, 0.717) is 31.0 Å². The maximum absolute atomic E-state index is 13.2. The molecule has 3 aromatic rings. The summed E-state index contributed by atoms with van der Waals surface area (Å²) >= 11 is 12.8. The van der Waals surface area contributed by atoms with Crippen LogP contribution in [0.1, 0.15) is 15.9 Å². The highest BCUT2D eigenvalue weighted by molar-refractivity contribution is 9.11. The number of imide groups is 2. The normalized spacial score (nSPS) is 14.2. The highest BCUT2D eigenvalue weighted by atomic mass is 79.9. The molecule has 0 atom stereocenters. The number of carbonyl (C=O) groups excluding carboxylic acids is 5. The minimum Gasteiger partial charge on any atom is -0.481 e. The van der Waals surface area contributed by atoms with Crippen molar-refractivity contribution in [1.82, 2.24) is 5.32 Å². The number of esters is 1. The number of barbiturate groups is 1. The van der Waals surface area contributed by atoms with Crippen LogP contribution < -0.4 is 20.3 Å². The van der Waals surface area contributed by atoms with E-state index in [1.165, 1.54) is 37.5 Å². The first-order valence-electron chi connectivity index (χ1n) is 11.3. The zero-order valence-electron chi connectivity index (χ0n) is 20.5. The molecule has 0 bridgehead atoms. The number of hydrogen-bond donors (Lipinski definition) is 2.